The number of benzene rings is 2. The van der Waals surface area contributed by atoms with E-state index in [1.165, 1.54) is 27.5 Å². The molecule has 0 heterocycles. The molecule has 2 aromatic rings. The molecule has 0 N–H and O–H groups in total. The van der Waals surface area contributed by atoms with Crippen LogP contribution in [0.5, 0.6) is 0 Å². The van der Waals surface area contributed by atoms with Gasteiger partial charge in [0.25, 0.3) is 0 Å². The lowest BCUT2D eigenvalue weighted by atomic mass is 9.88. The van der Waals surface area contributed by atoms with E-state index in [0.717, 1.165) is 12.8 Å². The Morgan fingerprint density at radius 3 is 2.65 bits per heavy atom. The molecule has 1 aliphatic carbocycles. The van der Waals surface area contributed by atoms with Crippen molar-refractivity contribution in [2.75, 3.05) is 0 Å². The Kier molecular flexibility index (Phi) is 2.47. The average molecular weight is 224 g/mol. The first-order valence-electron chi connectivity index (χ1n) is 6.32. The lowest BCUT2D eigenvalue weighted by Gasteiger charge is -2.16. The minimum absolute atomic E-state index is 0.377. The highest BCUT2D eigenvalue weighted by molar-refractivity contribution is 5.89. The zero-order chi connectivity index (χ0) is 11.8. The van der Waals surface area contributed by atoms with Crippen LogP contribution in [0.15, 0.2) is 30.3 Å². The molecule has 3 rings (SSSR count). The van der Waals surface area contributed by atoms with Gasteiger partial charge in [-0.25, -0.2) is 0 Å². The SMILES string of the molecule is CCc1ccc2cc3c(cc2c1)CCC(=O)C3. The molecule has 1 heteroatoms. The summed E-state index contributed by atoms with van der Waals surface area (Å²) in [6, 6.07) is 11.1. The summed E-state index contributed by atoms with van der Waals surface area (Å²) in [6.45, 7) is 2.18. The Hall–Kier alpha value is -1.63. The fourth-order valence-electron chi connectivity index (χ4n) is 2.63. The predicted molar refractivity (Wildman–Crippen MR) is 70.4 cm³/mol. The highest BCUT2D eigenvalue weighted by atomic mass is 16.1. The molecule has 0 spiro atoms. The van der Waals surface area contributed by atoms with Gasteiger partial charge in [0.15, 0.2) is 0 Å². The number of ketones is 1. The van der Waals surface area contributed by atoms with Crippen LogP contribution >= 0.6 is 0 Å². The standard InChI is InChI=1S/C16H16O/c1-2-11-3-4-12-9-15-10-16(17)6-5-13(15)8-14(12)7-11/h3-4,7-9H,2,5-6,10H2,1H3. The summed E-state index contributed by atoms with van der Waals surface area (Å²) in [6.07, 6.45) is 3.33. The van der Waals surface area contributed by atoms with Gasteiger partial charge in [-0.1, -0.05) is 37.3 Å². The molecule has 0 saturated heterocycles. The molecule has 1 aliphatic rings. The molecular weight excluding hydrogens is 208 g/mol. The Morgan fingerprint density at radius 1 is 1.00 bits per heavy atom. The molecule has 0 aliphatic heterocycles. The van der Waals surface area contributed by atoms with Crippen LogP contribution < -0.4 is 0 Å². The van der Waals surface area contributed by atoms with Crippen molar-refractivity contribution in [1.29, 1.82) is 0 Å². The van der Waals surface area contributed by atoms with Gasteiger partial charge in [0, 0.05) is 12.8 Å². The summed E-state index contributed by atoms with van der Waals surface area (Å²) in [7, 11) is 0. The molecule has 0 fully saturated rings. The molecule has 0 saturated carbocycles. The molecule has 0 aromatic heterocycles. The van der Waals surface area contributed by atoms with Gasteiger partial charge in [-0.2, -0.15) is 0 Å². The summed E-state index contributed by atoms with van der Waals surface area (Å²) in [5.74, 6) is 0.377. The van der Waals surface area contributed by atoms with Crippen molar-refractivity contribution in [3.8, 4) is 0 Å². The third kappa shape index (κ3) is 1.86. The molecule has 0 atom stereocenters. The summed E-state index contributed by atoms with van der Waals surface area (Å²) < 4.78 is 0. The Labute approximate surface area is 101 Å². The van der Waals surface area contributed by atoms with Crippen LogP contribution in [0.1, 0.15) is 30.0 Å². The third-order valence-electron chi connectivity index (χ3n) is 3.69. The van der Waals surface area contributed by atoms with Crippen molar-refractivity contribution in [2.24, 2.45) is 0 Å². The molecule has 0 unspecified atom stereocenters. The molecule has 2 aromatic carbocycles. The second kappa shape index (κ2) is 3.99. The van der Waals surface area contributed by atoms with Crippen molar-refractivity contribution < 1.29 is 4.79 Å². The predicted octanol–water partition coefficient (Wildman–Crippen LogP) is 3.46. The normalized spacial score (nSPS) is 15.0. The van der Waals surface area contributed by atoms with Gasteiger partial charge < -0.3 is 0 Å². The average Bonchev–Trinajstić information content (AvgIpc) is 2.35. The van der Waals surface area contributed by atoms with Crippen molar-refractivity contribution >= 4 is 16.6 Å². The highest BCUT2D eigenvalue weighted by Gasteiger charge is 2.15. The Balaban J connectivity index is 2.17. The van der Waals surface area contributed by atoms with Gasteiger partial charge in [-0.15, -0.1) is 0 Å². The van der Waals surface area contributed by atoms with E-state index in [1.54, 1.807) is 0 Å². The van der Waals surface area contributed by atoms with E-state index < -0.39 is 0 Å². The number of hydrogen-bond donors (Lipinski definition) is 0. The van der Waals surface area contributed by atoms with Crippen LogP contribution in [0.3, 0.4) is 0 Å². The Bertz CT molecular complexity index is 596. The third-order valence-corrected chi connectivity index (χ3v) is 3.69. The quantitative estimate of drug-likeness (QED) is 0.725. The van der Waals surface area contributed by atoms with Crippen molar-refractivity contribution in [3.05, 3.63) is 47.0 Å². The number of carbonyl (C=O) groups is 1. The molecule has 1 nitrogen and oxygen atoms in total. The van der Waals surface area contributed by atoms with E-state index in [4.69, 9.17) is 0 Å². The maximum atomic E-state index is 11.5. The lowest BCUT2D eigenvalue weighted by Crippen LogP contribution is -2.12. The lowest BCUT2D eigenvalue weighted by molar-refractivity contribution is -0.118. The number of aryl methyl sites for hydroxylation is 2. The van der Waals surface area contributed by atoms with Crippen molar-refractivity contribution in [2.45, 2.75) is 32.6 Å². The maximum Gasteiger partial charge on any atom is 0.137 e. The van der Waals surface area contributed by atoms with E-state index in [0.29, 0.717) is 18.6 Å². The first kappa shape index (κ1) is 10.5. The molecule has 17 heavy (non-hydrogen) atoms. The van der Waals surface area contributed by atoms with Gasteiger partial charge in [0.2, 0.25) is 0 Å². The number of hydrogen-bond acceptors (Lipinski definition) is 1. The van der Waals surface area contributed by atoms with Crippen LogP contribution in [0, 0.1) is 0 Å². The number of carbonyl (C=O) groups excluding carboxylic acids is 1. The molecule has 0 radical (unpaired) electrons. The zero-order valence-corrected chi connectivity index (χ0v) is 10.1. The summed E-state index contributed by atoms with van der Waals surface area (Å²) in [5, 5.41) is 2.58. The molecular formula is C16H16O. The maximum absolute atomic E-state index is 11.5. The van der Waals surface area contributed by atoms with Gasteiger partial charge in [-0.3, -0.25) is 4.79 Å². The number of fused-ring (bicyclic) bond motifs is 2. The molecule has 0 bridgehead atoms. The smallest absolute Gasteiger partial charge is 0.137 e. The molecule has 0 amide bonds. The van der Waals surface area contributed by atoms with Crippen LogP contribution in [0.4, 0.5) is 0 Å². The summed E-state index contributed by atoms with van der Waals surface area (Å²) in [5.41, 5.74) is 3.98. The second-order valence-electron chi connectivity index (χ2n) is 4.87. The van der Waals surface area contributed by atoms with Gasteiger partial charge in [0.05, 0.1) is 0 Å². The van der Waals surface area contributed by atoms with Crippen molar-refractivity contribution in [3.63, 3.8) is 0 Å². The fourth-order valence-corrected chi connectivity index (χ4v) is 2.63. The van der Waals surface area contributed by atoms with E-state index >= 15 is 0 Å². The number of Topliss-reactive ketones (excluding diaryl/α,β-unsaturated/α-hetero) is 1. The van der Waals surface area contributed by atoms with E-state index in [2.05, 4.69) is 37.3 Å². The van der Waals surface area contributed by atoms with Gasteiger partial charge in [0.1, 0.15) is 5.78 Å². The van der Waals surface area contributed by atoms with Crippen LogP contribution in [0.25, 0.3) is 10.8 Å². The Morgan fingerprint density at radius 2 is 1.82 bits per heavy atom. The first-order chi connectivity index (χ1) is 8.26. The van der Waals surface area contributed by atoms with Gasteiger partial charge >= 0.3 is 0 Å². The zero-order valence-electron chi connectivity index (χ0n) is 10.1. The first-order valence-corrected chi connectivity index (χ1v) is 6.32. The van der Waals surface area contributed by atoms with Crippen molar-refractivity contribution in [1.82, 2.24) is 0 Å². The van der Waals surface area contributed by atoms with E-state index in [1.807, 2.05) is 0 Å². The van der Waals surface area contributed by atoms with Crippen LogP contribution in [-0.4, -0.2) is 5.78 Å². The minimum Gasteiger partial charge on any atom is -0.299 e. The molecule has 86 valence electrons. The van der Waals surface area contributed by atoms with Crippen LogP contribution in [0.2, 0.25) is 0 Å². The van der Waals surface area contributed by atoms with Gasteiger partial charge in [-0.05, 0) is 40.3 Å². The summed E-state index contributed by atoms with van der Waals surface area (Å²) >= 11 is 0. The topological polar surface area (TPSA) is 17.1 Å². The highest BCUT2D eigenvalue weighted by Crippen LogP contribution is 2.26. The largest absolute Gasteiger partial charge is 0.299 e. The number of rotatable bonds is 1. The van der Waals surface area contributed by atoms with Crippen LogP contribution in [-0.2, 0) is 24.1 Å². The minimum atomic E-state index is 0.377. The monoisotopic (exact) mass is 224 g/mol. The fraction of sp³-hybridized carbons (Fsp3) is 0.312. The van der Waals surface area contributed by atoms with E-state index in [9.17, 15) is 4.79 Å². The summed E-state index contributed by atoms with van der Waals surface area (Å²) in [4.78, 5) is 11.5. The second-order valence-corrected chi connectivity index (χ2v) is 4.87. The van der Waals surface area contributed by atoms with E-state index in [-0.39, 0.29) is 0 Å².